The highest BCUT2D eigenvalue weighted by Crippen LogP contribution is 2.45. The summed E-state index contributed by atoms with van der Waals surface area (Å²) < 4.78 is 47.6. The molecule has 1 amide bonds. The van der Waals surface area contributed by atoms with Gasteiger partial charge in [0.2, 0.25) is 0 Å². The maximum Gasteiger partial charge on any atom is 0.573 e. The van der Waals surface area contributed by atoms with Gasteiger partial charge in [-0.1, -0.05) is 35.3 Å². The Morgan fingerprint density at radius 3 is 2.47 bits per heavy atom. The number of aromatic nitrogens is 1. The highest BCUT2D eigenvalue weighted by Gasteiger charge is 2.48. The smallest absolute Gasteiger partial charge is 0.507 e. The number of amides is 1. The van der Waals surface area contributed by atoms with E-state index < -0.39 is 41.2 Å². The topological polar surface area (TPSA) is 89.0 Å². The molecule has 1 aromatic heterocycles. The summed E-state index contributed by atoms with van der Waals surface area (Å²) in [5, 5.41) is 11.4. The number of carbonyl (C=O) groups is 2. The van der Waals surface area contributed by atoms with Gasteiger partial charge in [-0.3, -0.25) is 19.5 Å². The molecule has 0 spiro atoms. The number of ketones is 1. The summed E-state index contributed by atoms with van der Waals surface area (Å²) in [6.07, 6.45) is -3.58. The minimum Gasteiger partial charge on any atom is -0.507 e. The molecule has 1 unspecified atom stereocenters. The second-order valence-electron chi connectivity index (χ2n) is 7.44. The summed E-state index contributed by atoms with van der Waals surface area (Å²) in [7, 11) is 1.28. The number of pyridine rings is 1. The number of benzene rings is 2. The third kappa shape index (κ3) is 4.82. The molecule has 186 valence electrons. The Bertz CT molecular complexity index is 1380. The molecule has 36 heavy (non-hydrogen) atoms. The van der Waals surface area contributed by atoms with Gasteiger partial charge < -0.3 is 14.6 Å². The first-order chi connectivity index (χ1) is 17.0. The lowest BCUT2D eigenvalue weighted by Crippen LogP contribution is -2.30. The van der Waals surface area contributed by atoms with E-state index in [1.165, 1.54) is 43.6 Å². The molecule has 0 aliphatic carbocycles. The molecular formula is C24H15Cl2F3N2O5. The van der Waals surface area contributed by atoms with E-state index >= 15 is 0 Å². The Labute approximate surface area is 212 Å². The molecule has 2 aromatic carbocycles. The molecule has 1 N–H and O–H groups in total. The van der Waals surface area contributed by atoms with Crippen molar-refractivity contribution in [3.05, 3.63) is 87.7 Å². The van der Waals surface area contributed by atoms with Crippen LogP contribution in [0.5, 0.6) is 11.5 Å². The normalized spacial score (nSPS) is 17.4. The lowest BCUT2D eigenvalue weighted by atomic mass is 9.97. The number of aliphatic hydroxyl groups is 1. The molecule has 12 heteroatoms. The minimum atomic E-state index is -4.98. The third-order valence-electron chi connectivity index (χ3n) is 5.21. The fourth-order valence-electron chi connectivity index (χ4n) is 3.84. The lowest BCUT2D eigenvalue weighted by Gasteiger charge is -2.25. The van der Waals surface area contributed by atoms with Crippen LogP contribution in [0.1, 0.15) is 17.3 Å². The summed E-state index contributed by atoms with van der Waals surface area (Å²) in [6.45, 7) is 0. The van der Waals surface area contributed by atoms with Crippen LogP contribution >= 0.6 is 23.2 Å². The Morgan fingerprint density at radius 2 is 1.83 bits per heavy atom. The summed E-state index contributed by atoms with van der Waals surface area (Å²) in [4.78, 5) is 31.5. The van der Waals surface area contributed by atoms with Crippen LogP contribution in [0.25, 0.3) is 5.76 Å². The maximum atomic E-state index is 13.2. The van der Waals surface area contributed by atoms with Crippen LogP contribution in [-0.2, 0) is 9.59 Å². The van der Waals surface area contributed by atoms with Crippen molar-refractivity contribution < 1.29 is 37.3 Å². The van der Waals surface area contributed by atoms with Crippen molar-refractivity contribution in [3.63, 3.8) is 0 Å². The number of ether oxygens (including phenoxy) is 2. The zero-order valence-electron chi connectivity index (χ0n) is 18.2. The highest BCUT2D eigenvalue weighted by atomic mass is 35.5. The van der Waals surface area contributed by atoms with Gasteiger partial charge in [-0.15, -0.1) is 13.2 Å². The van der Waals surface area contributed by atoms with Crippen molar-refractivity contribution in [1.29, 1.82) is 0 Å². The van der Waals surface area contributed by atoms with Gasteiger partial charge in [0.1, 0.15) is 23.3 Å². The molecule has 1 saturated heterocycles. The van der Waals surface area contributed by atoms with Crippen LogP contribution in [0.15, 0.2) is 66.4 Å². The molecule has 4 rings (SSSR count). The predicted octanol–water partition coefficient (Wildman–Crippen LogP) is 5.92. The van der Waals surface area contributed by atoms with Gasteiger partial charge in [0, 0.05) is 23.0 Å². The van der Waals surface area contributed by atoms with E-state index in [0.29, 0.717) is 0 Å². The number of alkyl halides is 3. The monoisotopic (exact) mass is 538 g/mol. The Kier molecular flexibility index (Phi) is 6.83. The van der Waals surface area contributed by atoms with Gasteiger partial charge >= 0.3 is 6.36 Å². The molecular weight excluding hydrogens is 524 g/mol. The molecule has 0 bridgehead atoms. The largest absolute Gasteiger partial charge is 0.573 e. The summed E-state index contributed by atoms with van der Waals surface area (Å²) in [6, 6.07) is 10.6. The van der Waals surface area contributed by atoms with Gasteiger partial charge in [-0.05, 0) is 36.4 Å². The van der Waals surface area contributed by atoms with Crippen LogP contribution in [0.2, 0.25) is 10.0 Å². The Morgan fingerprint density at radius 1 is 1.08 bits per heavy atom. The standard InChI is InChI=1S/C24H15Cl2F3N2O5/c1-35-22-15(9-12(25)10-16(22)26)20(32)18-19(17-7-2-3-8-30-17)31(23(34)21(18)33)13-5-4-6-14(11-13)36-24(27,28)29/h2-11,19,32H,1H3/b20-18+. The van der Waals surface area contributed by atoms with Crippen molar-refractivity contribution >= 4 is 46.3 Å². The second kappa shape index (κ2) is 9.71. The number of carbonyl (C=O) groups excluding carboxylic acids is 2. The predicted molar refractivity (Wildman–Crippen MR) is 125 cm³/mol. The highest BCUT2D eigenvalue weighted by molar-refractivity contribution is 6.51. The molecule has 2 heterocycles. The molecule has 1 atom stereocenters. The fraction of sp³-hybridized carbons (Fsp3) is 0.125. The second-order valence-corrected chi connectivity index (χ2v) is 8.28. The number of Topliss-reactive ketones (excluding diaryl/α,β-unsaturated/α-hetero) is 1. The van der Waals surface area contributed by atoms with Crippen LogP contribution in [0.3, 0.4) is 0 Å². The first kappa shape index (κ1) is 25.3. The number of hydrogen-bond donors (Lipinski definition) is 1. The van der Waals surface area contributed by atoms with Gasteiger partial charge in [-0.2, -0.15) is 0 Å². The number of anilines is 1. The van der Waals surface area contributed by atoms with Crippen LogP contribution in [0, 0.1) is 0 Å². The summed E-state index contributed by atoms with van der Waals surface area (Å²) in [5.41, 5.74) is -0.391. The number of rotatable bonds is 5. The van der Waals surface area contributed by atoms with E-state index in [-0.39, 0.29) is 32.7 Å². The number of hydrogen-bond acceptors (Lipinski definition) is 6. The molecule has 3 aromatic rings. The zero-order valence-corrected chi connectivity index (χ0v) is 19.7. The Balaban J connectivity index is 1.95. The molecule has 1 aliphatic rings. The fourth-order valence-corrected chi connectivity index (χ4v) is 4.41. The van der Waals surface area contributed by atoms with Crippen molar-refractivity contribution in [2.75, 3.05) is 12.0 Å². The Hall–Kier alpha value is -3.76. The number of methoxy groups -OCH3 is 1. The third-order valence-corrected chi connectivity index (χ3v) is 5.71. The molecule has 1 fully saturated rings. The van der Waals surface area contributed by atoms with E-state index in [4.69, 9.17) is 27.9 Å². The first-order valence-corrected chi connectivity index (χ1v) is 10.9. The van der Waals surface area contributed by atoms with E-state index in [2.05, 4.69) is 9.72 Å². The summed E-state index contributed by atoms with van der Waals surface area (Å²) in [5.74, 6) is -3.49. The van der Waals surface area contributed by atoms with Gasteiger partial charge in [0.05, 0.1) is 29.0 Å². The van der Waals surface area contributed by atoms with E-state index in [0.717, 1.165) is 17.0 Å². The number of aliphatic hydroxyl groups excluding tert-OH is 1. The van der Waals surface area contributed by atoms with Crippen molar-refractivity contribution in [2.24, 2.45) is 0 Å². The van der Waals surface area contributed by atoms with Crippen molar-refractivity contribution in [1.82, 2.24) is 4.98 Å². The number of halogens is 5. The van der Waals surface area contributed by atoms with Crippen LogP contribution in [-0.4, -0.2) is 35.3 Å². The van der Waals surface area contributed by atoms with Gasteiger partial charge in [0.15, 0.2) is 0 Å². The van der Waals surface area contributed by atoms with E-state index in [1.54, 1.807) is 12.1 Å². The molecule has 7 nitrogen and oxygen atoms in total. The first-order valence-electron chi connectivity index (χ1n) is 10.1. The average Bonchev–Trinajstić information content (AvgIpc) is 3.08. The van der Waals surface area contributed by atoms with E-state index in [9.17, 15) is 27.9 Å². The average molecular weight is 539 g/mol. The molecule has 0 radical (unpaired) electrons. The lowest BCUT2D eigenvalue weighted by molar-refractivity contribution is -0.274. The number of nitrogens with zero attached hydrogens (tertiary/aromatic N) is 2. The van der Waals surface area contributed by atoms with E-state index in [1.807, 2.05) is 0 Å². The van der Waals surface area contributed by atoms with Crippen molar-refractivity contribution in [3.8, 4) is 11.5 Å². The maximum absolute atomic E-state index is 13.2. The molecule has 0 saturated carbocycles. The van der Waals surface area contributed by atoms with Crippen LogP contribution < -0.4 is 14.4 Å². The zero-order chi connectivity index (χ0) is 26.2. The quantitative estimate of drug-likeness (QED) is 0.246. The SMILES string of the molecule is COc1c(Cl)cc(Cl)cc1/C(O)=C1\C(=O)C(=O)N(c2cccc(OC(F)(F)F)c2)C1c1ccccn1. The van der Waals surface area contributed by atoms with Gasteiger partial charge in [0.25, 0.3) is 11.7 Å². The summed E-state index contributed by atoms with van der Waals surface area (Å²) >= 11 is 12.3. The minimum absolute atomic E-state index is 0.00916. The van der Waals surface area contributed by atoms with Crippen molar-refractivity contribution in [2.45, 2.75) is 12.4 Å². The molecule has 1 aliphatic heterocycles. The van der Waals surface area contributed by atoms with Gasteiger partial charge in [-0.25, -0.2) is 0 Å². The van der Waals surface area contributed by atoms with Crippen LogP contribution in [0.4, 0.5) is 18.9 Å².